The van der Waals surface area contributed by atoms with Crippen LogP contribution in [-0.2, 0) is 4.79 Å². The van der Waals surface area contributed by atoms with Crippen LogP contribution in [0.2, 0.25) is 0 Å². The summed E-state index contributed by atoms with van der Waals surface area (Å²) in [7, 11) is 2.00. The number of carbonyl (C=O) groups is 1. The van der Waals surface area contributed by atoms with Gasteiger partial charge in [-0.25, -0.2) is 0 Å². The van der Waals surface area contributed by atoms with Gasteiger partial charge in [0.1, 0.15) is 0 Å². The molecule has 18 heavy (non-hydrogen) atoms. The van der Waals surface area contributed by atoms with E-state index in [9.17, 15) is 4.79 Å². The van der Waals surface area contributed by atoms with Crippen molar-refractivity contribution in [1.29, 1.82) is 0 Å². The van der Waals surface area contributed by atoms with E-state index in [0.29, 0.717) is 18.5 Å². The van der Waals surface area contributed by atoms with E-state index in [1.165, 1.54) is 19.3 Å². The predicted molar refractivity (Wildman–Crippen MR) is 71.3 cm³/mol. The fourth-order valence-electron chi connectivity index (χ4n) is 3.35. The Labute approximate surface area is 110 Å². The van der Waals surface area contributed by atoms with Crippen LogP contribution in [0.25, 0.3) is 0 Å². The van der Waals surface area contributed by atoms with Crippen molar-refractivity contribution in [3.63, 3.8) is 0 Å². The Kier molecular flexibility index (Phi) is 4.62. The molecule has 2 atom stereocenters. The molecule has 1 saturated carbocycles. The Bertz CT molecular complexity index is 290. The van der Waals surface area contributed by atoms with E-state index in [0.717, 1.165) is 19.4 Å². The lowest BCUT2D eigenvalue weighted by molar-refractivity contribution is -0.148. The van der Waals surface area contributed by atoms with Gasteiger partial charge in [-0.2, -0.15) is 0 Å². The summed E-state index contributed by atoms with van der Waals surface area (Å²) in [6.07, 6.45) is 6.70. The highest BCUT2D eigenvalue weighted by Gasteiger charge is 2.39. The maximum atomic E-state index is 12.5. The van der Waals surface area contributed by atoms with Crippen LogP contribution in [0, 0.1) is 0 Å². The molecule has 0 aromatic carbocycles. The second-order valence-corrected chi connectivity index (χ2v) is 5.83. The molecule has 1 heterocycles. The summed E-state index contributed by atoms with van der Waals surface area (Å²) in [5, 5.41) is 9.14. The first-order valence-electron chi connectivity index (χ1n) is 7.28. The molecule has 4 nitrogen and oxygen atoms in total. The minimum absolute atomic E-state index is 0.0893. The van der Waals surface area contributed by atoms with E-state index in [4.69, 9.17) is 5.11 Å². The van der Waals surface area contributed by atoms with Crippen molar-refractivity contribution in [2.24, 2.45) is 0 Å². The lowest BCUT2D eigenvalue weighted by Gasteiger charge is -2.47. The second-order valence-electron chi connectivity index (χ2n) is 5.83. The van der Waals surface area contributed by atoms with E-state index in [2.05, 4.69) is 16.7 Å². The van der Waals surface area contributed by atoms with E-state index in [1.807, 2.05) is 7.05 Å². The number of aliphatic hydroxyl groups excluding tert-OH is 1. The first-order valence-corrected chi connectivity index (χ1v) is 7.28. The van der Waals surface area contributed by atoms with Gasteiger partial charge >= 0.3 is 0 Å². The van der Waals surface area contributed by atoms with E-state index in [-0.39, 0.29) is 18.6 Å². The molecule has 0 radical (unpaired) electrons. The van der Waals surface area contributed by atoms with Gasteiger partial charge < -0.3 is 10.0 Å². The zero-order valence-electron chi connectivity index (χ0n) is 11.6. The minimum Gasteiger partial charge on any atom is -0.396 e. The summed E-state index contributed by atoms with van der Waals surface area (Å²) in [4.78, 5) is 16.8. The number of piperazine rings is 1. The number of hydrogen-bond acceptors (Lipinski definition) is 3. The molecule has 1 aliphatic heterocycles. The van der Waals surface area contributed by atoms with Crippen molar-refractivity contribution in [2.75, 3.05) is 20.2 Å². The van der Waals surface area contributed by atoms with Gasteiger partial charge in [0.2, 0.25) is 5.91 Å². The van der Waals surface area contributed by atoms with Crippen LogP contribution >= 0.6 is 0 Å². The third kappa shape index (κ3) is 2.69. The standard InChI is InChI=1S/C14H26N2O2/c1-11-10-16(12-6-4-3-5-7-12)14(18)13(8-9-17)15(11)2/h11-13,17H,3-10H2,1-2H3. The average molecular weight is 254 g/mol. The van der Waals surface area contributed by atoms with Crippen LogP contribution < -0.4 is 0 Å². The van der Waals surface area contributed by atoms with Gasteiger partial charge in [0.05, 0.1) is 6.04 Å². The van der Waals surface area contributed by atoms with Crippen LogP contribution in [-0.4, -0.2) is 59.1 Å². The molecule has 4 heteroatoms. The summed E-state index contributed by atoms with van der Waals surface area (Å²) in [5.41, 5.74) is 0. The molecule has 104 valence electrons. The van der Waals surface area contributed by atoms with Crippen molar-refractivity contribution in [2.45, 2.75) is 63.6 Å². The minimum atomic E-state index is -0.124. The van der Waals surface area contributed by atoms with Crippen molar-refractivity contribution in [1.82, 2.24) is 9.80 Å². The van der Waals surface area contributed by atoms with Gasteiger partial charge in [-0.15, -0.1) is 0 Å². The Balaban J connectivity index is 2.07. The molecule has 1 amide bonds. The summed E-state index contributed by atoms with van der Waals surface area (Å²) in [6.45, 7) is 3.11. The second kappa shape index (κ2) is 6.02. The quantitative estimate of drug-likeness (QED) is 0.824. The van der Waals surface area contributed by atoms with Gasteiger partial charge in [0, 0.05) is 25.2 Å². The fraction of sp³-hybridized carbons (Fsp3) is 0.929. The van der Waals surface area contributed by atoms with Crippen LogP contribution in [0.1, 0.15) is 45.4 Å². The Morgan fingerprint density at radius 2 is 1.94 bits per heavy atom. The molecule has 2 unspecified atom stereocenters. The molecule has 2 rings (SSSR count). The number of rotatable bonds is 3. The lowest BCUT2D eigenvalue weighted by atomic mass is 9.91. The van der Waals surface area contributed by atoms with Gasteiger partial charge in [-0.1, -0.05) is 19.3 Å². The molecule has 2 fully saturated rings. The molecule has 0 spiro atoms. The van der Waals surface area contributed by atoms with Crippen molar-refractivity contribution in [3.05, 3.63) is 0 Å². The van der Waals surface area contributed by atoms with Gasteiger partial charge in [-0.05, 0) is 33.2 Å². The number of nitrogens with zero attached hydrogens (tertiary/aromatic N) is 2. The van der Waals surface area contributed by atoms with E-state index < -0.39 is 0 Å². The van der Waals surface area contributed by atoms with Crippen LogP contribution in [0.15, 0.2) is 0 Å². The number of amides is 1. The normalized spacial score (nSPS) is 31.9. The summed E-state index contributed by atoms with van der Waals surface area (Å²) >= 11 is 0. The molecule has 1 saturated heterocycles. The Hall–Kier alpha value is -0.610. The highest BCUT2D eigenvalue weighted by Crippen LogP contribution is 2.27. The Morgan fingerprint density at radius 3 is 2.56 bits per heavy atom. The number of carbonyl (C=O) groups excluding carboxylic acids is 1. The molecule has 1 N–H and O–H groups in total. The first kappa shape index (κ1) is 13.8. The SMILES string of the molecule is CC1CN(C2CCCCC2)C(=O)C(CCO)N1C. The highest BCUT2D eigenvalue weighted by molar-refractivity contribution is 5.83. The van der Waals surface area contributed by atoms with E-state index in [1.54, 1.807) is 0 Å². The van der Waals surface area contributed by atoms with Crippen LogP contribution in [0.4, 0.5) is 0 Å². The summed E-state index contributed by atoms with van der Waals surface area (Å²) in [5.74, 6) is 0.233. The molecule has 0 aromatic heterocycles. The van der Waals surface area contributed by atoms with Crippen molar-refractivity contribution in [3.8, 4) is 0 Å². The zero-order chi connectivity index (χ0) is 13.1. The van der Waals surface area contributed by atoms with Crippen LogP contribution in [0.5, 0.6) is 0 Å². The number of hydrogen-bond donors (Lipinski definition) is 1. The Morgan fingerprint density at radius 1 is 1.28 bits per heavy atom. The molecule has 0 aromatic rings. The summed E-state index contributed by atoms with van der Waals surface area (Å²) < 4.78 is 0. The number of likely N-dealkylation sites (N-methyl/N-ethyl adjacent to an activating group) is 1. The molecule has 2 aliphatic rings. The third-order valence-corrected chi connectivity index (χ3v) is 4.63. The lowest BCUT2D eigenvalue weighted by Crippen LogP contribution is -2.62. The molecular formula is C14H26N2O2. The average Bonchev–Trinajstić information content (AvgIpc) is 2.40. The predicted octanol–water partition coefficient (Wildman–Crippen LogP) is 1.23. The maximum Gasteiger partial charge on any atom is 0.240 e. The largest absolute Gasteiger partial charge is 0.396 e. The van der Waals surface area contributed by atoms with Gasteiger partial charge in [0.25, 0.3) is 0 Å². The van der Waals surface area contributed by atoms with E-state index >= 15 is 0 Å². The van der Waals surface area contributed by atoms with Gasteiger partial charge in [0.15, 0.2) is 0 Å². The first-order chi connectivity index (χ1) is 8.65. The summed E-state index contributed by atoms with van der Waals surface area (Å²) in [6, 6.07) is 0.713. The number of aliphatic hydroxyl groups is 1. The van der Waals surface area contributed by atoms with Crippen molar-refractivity contribution >= 4 is 5.91 Å². The topological polar surface area (TPSA) is 43.8 Å². The zero-order valence-corrected chi connectivity index (χ0v) is 11.6. The van der Waals surface area contributed by atoms with Gasteiger partial charge in [-0.3, -0.25) is 9.69 Å². The highest BCUT2D eigenvalue weighted by atomic mass is 16.3. The van der Waals surface area contributed by atoms with Crippen molar-refractivity contribution < 1.29 is 9.90 Å². The molecule has 1 aliphatic carbocycles. The fourth-order valence-corrected chi connectivity index (χ4v) is 3.35. The monoisotopic (exact) mass is 254 g/mol. The molecular weight excluding hydrogens is 228 g/mol. The third-order valence-electron chi connectivity index (χ3n) is 4.63. The smallest absolute Gasteiger partial charge is 0.240 e. The van der Waals surface area contributed by atoms with Crippen LogP contribution in [0.3, 0.4) is 0 Å². The molecule has 0 bridgehead atoms. The maximum absolute atomic E-state index is 12.5.